The molecule has 1 heterocycles. The fraction of sp³-hybridized carbons (Fsp3) is 0.632. The van der Waals surface area contributed by atoms with Crippen molar-refractivity contribution in [3.05, 3.63) is 35.4 Å². The molecule has 0 atom stereocenters. The van der Waals surface area contributed by atoms with Crippen LogP contribution in [0.15, 0.2) is 24.3 Å². The second kappa shape index (κ2) is 12.5. The number of rotatable bonds is 8. The SMILES string of the molecule is CCN(CC)Cc1cccc(CNC(=O)C2(CN)CCOCC2)c1.Cl.Cl. The lowest BCUT2D eigenvalue weighted by atomic mass is 9.79. The van der Waals surface area contributed by atoms with Gasteiger partial charge < -0.3 is 15.8 Å². The van der Waals surface area contributed by atoms with Gasteiger partial charge in [-0.15, -0.1) is 24.8 Å². The molecule has 0 spiro atoms. The zero-order chi connectivity index (χ0) is 17.4. The van der Waals surface area contributed by atoms with E-state index in [9.17, 15) is 4.79 Å². The van der Waals surface area contributed by atoms with Crippen molar-refractivity contribution >= 4 is 30.7 Å². The minimum Gasteiger partial charge on any atom is -0.381 e. The van der Waals surface area contributed by atoms with Crippen molar-refractivity contribution in [1.29, 1.82) is 0 Å². The predicted molar refractivity (Wildman–Crippen MR) is 111 cm³/mol. The first-order chi connectivity index (χ1) is 11.6. The van der Waals surface area contributed by atoms with Gasteiger partial charge in [0.05, 0.1) is 5.41 Å². The van der Waals surface area contributed by atoms with Gasteiger partial charge in [-0.05, 0) is 37.1 Å². The van der Waals surface area contributed by atoms with Crippen molar-refractivity contribution in [3.63, 3.8) is 0 Å². The zero-order valence-electron chi connectivity index (χ0n) is 15.8. The molecule has 3 N–H and O–H groups in total. The minimum atomic E-state index is -0.461. The lowest BCUT2D eigenvalue weighted by Gasteiger charge is -2.34. The van der Waals surface area contributed by atoms with Crippen LogP contribution in [0, 0.1) is 5.41 Å². The third-order valence-corrected chi connectivity index (χ3v) is 5.07. The van der Waals surface area contributed by atoms with Gasteiger partial charge in [-0.25, -0.2) is 0 Å². The van der Waals surface area contributed by atoms with Gasteiger partial charge >= 0.3 is 0 Å². The van der Waals surface area contributed by atoms with E-state index in [4.69, 9.17) is 10.5 Å². The van der Waals surface area contributed by atoms with Crippen LogP contribution in [0.4, 0.5) is 0 Å². The molecule has 7 heteroatoms. The van der Waals surface area contributed by atoms with Crippen LogP contribution in [0.25, 0.3) is 0 Å². The summed E-state index contributed by atoms with van der Waals surface area (Å²) in [6.45, 7) is 9.53. The van der Waals surface area contributed by atoms with E-state index in [0.717, 1.165) is 25.2 Å². The molecule has 2 rings (SSSR count). The summed E-state index contributed by atoms with van der Waals surface area (Å²) < 4.78 is 5.37. The Morgan fingerprint density at radius 1 is 1.19 bits per heavy atom. The highest BCUT2D eigenvalue weighted by Crippen LogP contribution is 2.29. The van der Waals surface area contributed by atoms with Gasteiger partial charge in [0.1, 0.15) is 0 Å². The predicted octanol–water partition coefficient (Wildman–Crippen LogP) is 2.74. The molecular weight excluding hydrogens is 373 g/mol. The lowest BCUT2D eigenvalue weighted by molar-refractivity contribution is -0.136. The molecule has 1 aliphatic rings. The summed E-state index contributed by atoms with van der Waals surface area (Å²) in [5, 5.41) is 3.08. The maximum atomic E-state index is 12.6. The van der Waals surface area contributed by atoms with Crippen LogP contribution in [0.1, 0.15) is 37.8 Å². The topological polar surface area (TPSA) is 67.6 Å². The number of nitrogens with two attached hydrogens (primary N) is 1. The van der Waals surface area contributed by atoms with Gasteiger partial charge in [-0.1, -0.05) is 38.1 Å². The highest BCUT2D eigenvalue weighted by molar-refractivity contribution is 5.85. The van der Waals surface area contributed by atoms with E-state index in [0.29, 0.717) is 39.1 Å². The molecule has 0 aromatic heterocycles. The van der Waals surface area contributed by atoms with Gasteiger partial charge in [0.25, 0.3) is 0 Å². The summed E-state index contributed by atoms with van der Waals surface area (Å²) >= 11 is 0. The van der Waals surface area contributed by atoms with Crippen molar-refractivity contribution in [2.45, 2.75) is 39.8 Å². The Balaban J connectivity index is 0.00000312. The van der Waals surface area contributed by atoms with Crippen molar-refractivity contribution in [2.75, 3.05) is 32.8 Å². The summed E-state index contributed by atoms with van der Waals surface area (Å²) in [6.07, 6.45) is 1.41. The molecule has 26 heavy (non-hydrogen) atoms. The molecule has 0 aliphatic carbocycles. The molecule has 0 radical (unpaired) electrons. The summed E-state index contributed by atoms with van der Waals surface area (Å²) in [5.74, 6) is 0.0578. The number of carbonyl (C=O) groups excluding carboxylic acids is 1. The Labute approximate surface area is 169 Å². The van der Waals surface area contributed by atoms with Crippen LogP contribution in [0.3, 0.4) is 0 Å². The monoisotopic (exact) mass is 405 g/mol. The van der Waals surface area contributed by atoms with Crippen LogP contribution in [-0.4, -0.2) is 43.7 Å². The van der Waals surface area contributed by atoms with E-state index in [1.165, 1.54) is 5.56 Å². The minimum absolute atomic E-state index is 0. The maximum Gasteiger partial charge on any atom is 0.227 e. The van der Waals surface area contributed by atoms with E-state index in [1.54, 1.807) is 0 Å². The Bertz CT molecular complexity index is 533. The molecule has 1 amide bonds. The number of halogens is 2. The molecule has 1 aromatic carbocycles. The molecule has 1 aromatic rings. The van der Waals surface area contributed by atoms with Gasteiger partial charge in [0, 0.05) is 32.8 Å². The summed E-state index contributed by atoms with van der Waals surface area (Å²) in [4.78, 5) is 15.0. The molecule has 1 saturated heterocycles. The number of carbonyl (C=O) groups is 1. The summed E-state index contributed by atoms with van der Waals surface area (Å²) in [5.41, 5.74) is 7.85. The molecule has 150 valence electrons. The molecule has 0 bridgehead atoms. The molecule has 5 nitrogen and oxygen atoms in total. The second-order valence-corrected chi connectivity index (χ2v) is 6.56. The van der Waals surface area contributed by atoms with Crippen molar-refractivity contribution in [1.82, 2.24) is 10.2 Å². The van der Waals surface area contributed by atoms with E-state index in [2.05, 4.69) is 48.3 Å². The first kappa shape index (κ1) is 25.1. The van der Waals surface area contributed by atoms with Crippen LogP contribution < -0.4 is 11.1 Å². The third-order valence-electron chi connectivity index (χ3n) is 5.07. The number of amides is 1. The first-order valence-electron chi connectivity index (χ1n) is 9.00. The molecule has 1 fully saturated rings. The molecule has 1 aliphatic heterocycles. The standard InChI is InChI=1S/C19H31N3O2.2ClH/c1-3-22(4-2)14-17-7-5-6-16(12-17)13-21-18(23)19(15-20)8-10-24-11-9-19;;/h5-7,12H,3-4,8-11,13-15,20H2,1-2H3,(H,21,23);2*1H. The van der Waals surface area contributed by atoms with Crippen molar-refractivity contribution in [2.24, 2.45) is 11.1 Å². The number of nitrogens with one attached hydrogen (secondary N) is 1. The average molecular weight is 406 g/mol. The lowest BCUT2D eigenvalue weighted by Crippen LogP contribution is -2.48. The number of nitrogens with zero attached hydrogens (tertiary/aromatic N) is 1. The first-order valence-corrected chi connectivity index (χ1v) is 9.00. The quantitative estimate of drug-likeness (QED) is 0.697. The van der Waals surface area contributed by atoms with Gasteiger partial charge in [-0.3, -0.25) is 9.69 Å². The number of hydrogen-bond donors (Lipinski definition) is 2. The Morgan fingerprint density at radius 3 is 2.38 bits per heavy atom. The van der Waals surface area contributed by atoms with Crippen molar-refractivity contribution < 1.29 is 9.53 Å². The molecule has 0 saturated carbocycles. The maximum absolute atomic E-state index is 12.6. The van der Waals surface area contributed by atoms with Gasteiger partial charge in [0.2, 0.25) is 5.91 Å². The van der Waals surface area contributed by atoms with E-state index < -0.39 is 5.41 Å². The number of hydrogen-bond acceptors (Lipinski definition) is 4. The van der Waals surface area contributed by atoms with E-state index in [1.807, 2.05) is 0 Å². The Kier molecular flexibility index (Phi) is 12.1. The van der Waals surface area contributed by atoms with Crippen LogP contribution in [-0.2, 0) is 22.6 Å². The van der Waals surface area contributed by atoms with Crippen molar-refractivity contribution in [3.8, 4) is 0 Å². The third kappa shape index (κ3) is 6.71. The van der Waals surface area contributed by atoms with Crippen LogP contribution in [0.5, 0.6) is 0 Å². The Hall–Kier alpha value is -0.850. The molecular formula is C19H33Cl2N3O2. The second-order valence-electron chi connectivity index (χ2n) is 6.56. The van der Waals surface area contributed by atoms with Crippen LogP contribution >= 0.6 is 24.8 Å². The largest absolute Gasteiger partial charge is 0.381 e. The summed E-state index contributed by atoms with van der Waals surface area (Å²) in [7, 11) is 0. The number of benzene rings is 1. The van der Waals surface area contributed by atoms with Gasteiger partial charge in [0.15, 0.2) is 0 Å². The highest BCUT2D eigenvalue weighted by Gasteiger charge is 2.38. The van der Waals surface area contributed by atoms with E-state index in [-0.39, 0.29) is 30.7 Å². The Morgan fingerprint density at radius 2 is 1.81 bits per heavy atom. The fourth-order valence-corrected chi connectivity index (χ4v) is 3.20. The van der Waals surface area contributed by atoms with E-state index >= 15 is 0 Å². The fourth-order valence-electron chi connectivity index (χ4n) is 3.20. The smallest absolute Gasteiger partial charge is 0.227 e. The normalized spacial score (nSPS) is 15.7. The average Bonchev–Trinajstić information content (AvgIpc) is 2.65. The van der Waals surface area contributed by atoms with Gasteiger partial charge in [-0.2, -0.15) is 0 Å². The number of ether oxygens (including phenoxy) is 1. The van der Waals surface area contributed by atoms with Crippen LogP contribution in [0.2, 0.25) is 0 Å². The highest BCUT2D eigenvalue weighted by atomic mass is 35.5. The molecule has 0 unspecified atom stereocenters. The summed E-state index contributed by atoms with van der Waals surface area (Å²) in [6, 6.07) is 8.44. The zero-order valence-corrected chi connectivity index (χ0v) is 17.5.